The second kappa shape index (κ2) is 10.6. The topological polar surface area (TPSA) is 38.6 Å². The quantitative estimate of drug-likeness (QED) is 0.191. The lowest BCUT2D eigenvalue weighted by atomic mass is 10.0. The Morgan fingerprint density at radius 3 is 1.55 bits per heavy atom. The molecule has 0 aliphatic rings. The van der Waals surface area contributed by atoms with Crippen molar-refractivity contribution in [2.45, 2.75) is 9.79 Å². The third-order valence-corrected chi connectivity index (χ3v) is 11.0. The first kappa shape index (κ1) is 27.9. The molecule has 10 aromatic rings. The molecule has 4 nitrogen and oxygen atoms in total. The van der Waals surface area contributed by atoms with Crippen molar-refractivity contribution in [2.24, 2.45) is 7.05 Å². The van der Waals surface area contributed by atoms with Crippen molar-refractivity contribution in [3.8, 4) is 17.4 Å². The maximum absolute atomic E-state index is 9.67. The van der Waals surface area contributed by atoms with E-state index in [1.165, 1.54) is 65.4 Å². The van der Waals surface area contributed by atoms with E-state index in [0.717, 1.165) is 21.2 Å². The van der Waals surface area contributed by atoms with Gasteiger partial charge >= 0.3 is 0 Å². The van der Waals surface area contributed by atoms with Crippen LogP contribution in [0.2, 0.25) is 0 Å². The first-order valence-corrected chi connectivity index (χ1v) is 17.2. The summed E-state index contributed by atoms with van der Waals surface area (Å²) in [5, 5.41) is 17.2. The molecule has 0 N–H and O–H groups in total. The first-order chi connectivity index (χ1) is 24.2. The summed E-state index contributed by atoms with van der Waals surface area (Å²) < 4.78 is 7.32. The molecule has 0 saturated heterocycles. The van der Waals surface area contributed by atoms with Crippen LogP contribution in [0.5, 0.6) is 0 Å². The number of aromatic nitrogens is 3. The molecule has 0 unspecified atom stereocenters. The maximum Gasteiger partial charge on any atom is 0.100 e. The number of nitrogens with zero attached hydrogens (tertiary/aromatic N) is 4. The lowest BCUT2D eigenvalue weighted by molar-refractivity contribution is 1.02. The van der Waals surface area contributed by atoms with Crippen LogP contribution in [0, 0.1) is 11.3 Å². The summed E-state index contributed by atoms with van der Waals surface area (Å²) >= 11 is 1.63. The first-order valence-electron chi connectivity index (χ1n) is 16.4. The summed E-state index contributed by atoms with van der Waals surface area (Å²) in [5.74, 6) is 0. The van der Waals surface area contributed by atoms with Crippen molar-refractivity contribution in [2.75, 3.05) is 0 Å². The van der Waals surface area contributed by atoms with Gasteiger partial charge in [-0.25, -0.2) is 0 Å². The van der Waals surface area contributed by atoms with Gasteiger partial charge in [0.1, 0.15) is 6.07 Å². The predicted molar refractivity (Wildman–Crippen MR) is 204 cm³/mol. The molecule has 7 aromatic carbocycles. The summed E-state index contributed by atoms with van der Waals surface area (Å²) in [7, 11) is 2.21. The number of nitriles is 1. The summed E-state index contributed by atoms with van der Waals surface area (Å²) in [6.07, 6.45) is 0. The molecule has 0 spiro atoms. The van der Waals surface area contributed by atoms with E-state index >= 15 is 0 Å². The number of fused-ring (bicyclic) bond motifs is 12. The van der Waals surface area contributed by atoms with Crippen LogP contribution in [-0.4, -0.2) is 13.7 Å². The zero-order chi connectivity index (χ0) is 32.6. The fourth-order valence-electron chi connectivity index (χ4n) is 7.91. The molecule has 3 heterocycles. The zero-order valence-electron chi connectivity index (χ0n) is 26.6. The van der Waals surface area contributed by atoms with E-state index in [1.807, 2.05) is 24.3 Å². The van der Waals surface area contributed by atoms with Crippen molar-refractivity contribution in [3.05, 3.63) is 157 Å². The molecule has 0 bridgehead atoms. The summed E-state index contributed by atoms with van der Waals surface area (Å²) in [6.45, 7) is 0. The average Bonchev–Trinajstić information content (AvgIpc) is 3.78. The Bertz CT molecular complexity index is 2970. The molecular weight excluding hydrogens is 617 g/mol. The largest absolute Gasteiger partial charge is 0.343 e. The molecule has 0 amide bonds. The highest BCUT2D eigenvalue weighted by Gasteiger charge is 2.27. The highest BCUT2D eigenvalue weighted by Crippen LogP contribution is 2.49. The van der Waals surface area contributed by atoms with Crippen LogP contribution in [0.3, 0.4) is 0 Å². The van der Waals surface area contributed by atoms with Crippen molar-refractivity contribution in [1.82, 2.24) is 13.7 Å². The Balaban J connectivity index is 1.39. The molecule has 10 rings (SSSR count). The van der Waals surface area contributed by atoms with Crippen molar-refractivity contribution >= 4 is 77.2 Å². The van der Waals surface area contributed by atoms with Gasteiger partial charge in [0.25, 0.3) is 0 Å². The lowest BCUT2D eigenvalue weighted by Crippen LogP contribution is -1.97. The Morgan fingerprint density at radius 1 is 0.469 bits per heavy atom. The third-order valence-electron chi connectivity index (χ3n) is 9.91. The van der Waals surface area contributed by atoms with Crippen LogP contribution in [0.4, 0.5) is 0 Å². The van der Waals surface area contributed by atoms with Gasteiger partial charge in [-0.15, -0.1) is 0 Å². The minimum absolute atomic E-state index is 0.690. The van der Waals surface area contributed by atoms with Crippen molar-refractivity contribution in [1.29, 1.82) is 5.26 Å². The van der Waals surface area contributed by atoms with Crippen LogP contribution >= 0.6 is 11.8 Å². The van der Waals surface area contributed by atoms with Crippen LogP contribution in [0.25, 0.3) is 76.8 Å². The maximum atomic E-state index is 9.67. The van der Waals surface area contributed by atoms with Crippen molar-refractivity contribution < 1.29 is 0 Å². The lowest BCUT2D eigenvalue weighted by Gasteiger charge is -2.13. The number of hydrogen-bond acceptors (Lipinski definition) is 2. The number of aryl methyl sites for hydroxylation is 1. The molecule has 230 valence electrons. The van der Waals surface area contributed by atoms with E-state index in [1.54, 1.807) is 11.8 Å². The Labute approximate surface area is 286 Å². The minimum atomic E-state index is 0.690. The highest BCUT2D eigenvalue weighted by molar-refractivity contribution is 7.99. The molecular formula is C44H28N4S. The second-order valence-corrected chi connectivity index (χ2v) is 13.6. The van der Waals surface area contributed by atoms with Crippen LogP contribution in [0.1, 0.15) is 5.56 Å². The van der Waals surface area contributed by atoms with Crippen LogP contribution in [-0.2, 0) is 7.05 Å². The summed E-state index contributed by atoms with van der Waals surface area (Å²) in [4.78, 5) is 2.05. The number of benzene rings is 7. The second-order valence-electron chi connectivity index (χ2n) is 12.5. The van der Waals surface area contributed by atoms with Gasteiger partial charge in [-0.2, -0.15) is 5.26 Å². The molecule has 0 saturated carbocycles. The summed E-state index contributed by atoms with van der Waals surface area (Å²) in [5.41, 5.74) is 10.2. The van der Waals surface area contributed by atoms with E-state index in [-0.39, 0.29) is 0 Å². The highest BCUT2D eigenvalue weighted by atomic mass is 32.2. The van der Waals surface area contributed by atoms with Gasteiger partial charge in [0.15, 0.2) is 0 Å². The molecule has 5 heteroatoms. The average molecular weight is 645 g/mol. The van der Waals surface area contributed by atoms with Crippen molar-refractivity contribution in [3.63, 3.8) is 0 Å². The molecule has 0 atom stereocenters. The Hall–Kier alpha value is -6.22. The van der Waals surface area contributed by atoms with Gasteiger partial charge in [-0.3, -0.25) is 0 Å². The standard InChI is InChI=1S/C44H28N4S/c1-46-35-19-9-6-16-32(35)39-42(46)40-33-17-7-10-20-36(33)47(29-14-3-2-4-15-29)44(40)41-34-18-8-11-21-37(34)48(43(39)41)30-23-25-31(26-24-30)49-38-22-12-5-13-28(38)27-45/h2-26H,1H3. The van der Waals surface area contributed by atoms with E-state index in [9.17, 15) is 5.26 Å². The fourth-order valence-corrected chi connectivity index (χ4v) is 8.81. The SMILES string of the molecule is Cn1c2ccccc2c2c1c1c3ccccc3n(-c3ccccc3)c1c1c3ccccc3n(-c3ccc(Sc4ccccc4C#N)cc3)c21. The van der Waals surface area contributed by atoms with E-state index in [2.05, 4.69) is 154 Å². The molecule has 49 heavy (non-hydrogen) atoms. The van der Waals surface area contributed by atoms with Crippen LogP contribution < -0.4 is 0 Å². The zero-order valence-corrected chi connectivity index (χ0v) is 27.4. The monoisotopic (exact) mass is 644 g/mol. The van der Waals surface area contributed by atoms with Gasteiger partial charge in [0.05, 0.1) is 33.1 Å². The molecule has 0 fully saturated rings. The van der Waals surface area contributed by atoms with E-state index in [0.29, 0.717) is 5.56 Å². The molecule has 0 aliphatic carbocycles. The minimum Gasteiger partial charge on any atom is -0.343 e. The van der Waals surface area contributed by atoms with E-state index < -0.39 is 0 Å². The number of para-hydroxylation sites is 4. The number of rotatable bonds is 4. The number of hydrogen-bond donors (Lipinski definition) is 0. The molecule has 0 aliphatic heterocycles. The Morgan fingerprint density at radius 2 is 0.939 bits per heavy atom. The smallest absolute Gasteiger partial charge is 0.100 e. The van der Waals surface area contributed by atoms with Gasteiger partial charge in [-0.1, -0.05) is 96.7 Å². The summed E-state index contributed by atoms with van der Waals surface area (Å²) in [6, 6.07) is 56.1. The normalized spacial score (nSPS) is 11.8. The van der Waals surface area contributed by atoms with Gasteiger partial charge in [0, 0.05) is 66.0 Å². The van der Waals surface area contributed by atoms with Gasteiger partial charge in [0.2, 0.25) is 0 Å². The molecule has 3 aromatic heterocycles. The van der Waals surface area contributed by atoms with Crippen LogP contribution in [0.15, 0.2) is 161 Å². The Kier molecular flexibility index (Phi) is 6.05. The molecule has 0 radical (unpaired) electrons. The van der Waals surface area contributed by atoms with Gasteiger partial charge < -0.3 is 13.7 Å². The predicted octanol–water partition coefficient (Wildman–Crippen LogP) is 11.5. The fraction of sp³-hybridized carbons (Fsp3) is 0.0227. The third kappa shape index (κ3) is 3.93. The van der Waals surface area contributed by atoms with E-state index in [4.69, 9.17) is 0 Å². The van der Waals surface area contributed by atoms with Gasteiger partial charge in [-0.05, 0) is 66.7 Å².